The van der Waals surface area contributed by atoms with Crippen molar-refractivity contribution in [3.8, 4) is 0 Å². The summed E-state index contributed by atoms with van der Waals surface area (Å²) in [7, 11) is 0. The third-order valence-corrected chi connectivity index (χ3v) is 14.1. The number of hydrogen-bond donors (Lipinski definition) is 3. The number of amides is 5. The largest absolute Gasteiger partial charge is 0.384 e. The molecule has 5 amide bonds. The normalized spacial score (nSPS) is 26.5. The van der Waals surface area contributed by atoms with Crippen molar-refractivity contribution in [2.75, 3.05) is 48.3 Å². The van der Waals surface area contributed by atoms with Gasteiger partial charge in [0, 0.05) is 57.2 Å². The summed E-state index contributed by atoms with van der Waals surface area (Å²) in [5, 5.41) is 16.8. The molecule has 1 aromatic carbocycles. The van der Waals surface area contributed by atoms with E-state index in [0.717, 1.165) is 69.6 Å². The summed E-state index contributed by atoms with van der Waals surface area (Å²) < 4.78 is 43.8. The first kappa shape index (κ1) is 43.1. The number of nitrogens with zero attached hydrogens (tertiary/aromatic N) is 8. The van der Waals surface area contributed by atoms with E-state index in [9.17, 15) is 32.8 Å². The highest BCUT2D eigenvalue weighted by Gasteiger charge is 2.53. The van der Waals surface area contributed by atoms with Gasteiger partial charge in [0.2, 0.25) is 11.8 Å². The number of alkyl halides is 2. The number of anilines is 3. The molecule has 1 saturated carbocycles. The summed E-state index contributed by atoms with van der Waals surface area (Å²) in [5.41, 5.74) is 1.04. The number of hydrogen-bond acceptors (Lipinski definition) is 13. The van der Waals surface area contributed by atoms with Gasteiger partial charge >= 0.3 is 0 Å². The molecular weight excluding hydrogens is 845 g/mol. The molecule has 65 heavy (non-hydrogen) atoms. The van der Waals surface area contributed by atoms with E-state index in [4.69, 9.17) is 14.5 Å². The lowest BCUT2D eigenvalue weighted by Gasteiger charge is -2.37. The van der Waals surface area contributed by atoms with E-state index in [2.05, 4.69) is 42.9 Å². The van der Waals surface area contributed by atoms with Crippen molar-refractivity contribution in [3.63, 3.8) is 0 Å². The van der Waals surface area contributed by atoms with Crippen molar-refractivity contribution in [2.24, 2.45) is 5.92 Å². The molecule has 5 fully saturated rings. The fourth-order valence-electron chi connectivity index (χ4n) is 10.4. The van der Waals surface area contributed by atoms with Crippen LogP contribution in [0.3, 0.4) is 0 Å². The minimum absolute atomic E-state index is 0.0164. The Morgan fingerprint density at radius 1 is 1.02 bits per heavy atom. The number of epoxide rings is 1. The molecule has 5 aliphatic heterocycles. The van der Waals surface area contributed by atoms with E-state index in [-0.39, 0.29) is 71.7 Å². The Labute approximate surface area is 373 Å². The van der Waals surface area contributed by atoms with Crippen molar-refractivity contribution in [1.82, 2.24) is 39.5 Å². The molecule has 2 unspecified atom stereocenters. The number of benzene rings is 1. The van der Waals surface area contributed by atoms with Gasteiger partial charge in [0.1, 0.15) is 29.6 Å². The third kappa shape index (κ3) is 8.46. The highest BCUT2D eigenvalue weighted by atomic mass is 19.3. The van der Waals surface area contributed by atoms with E-state index in [0.29, 0.717) is 36.0 Å². The van der Waals surface area contributed by atoms with Crippen LogP contribution in [-0.2, 0) is 19.1 Å². The van der Waals surface area contributed by atoms with Gasteiger partial charge in [-0.1, -0.05) is 6.07 Å². The summed E-state index contributed by atoms with van der Waals surface area (Å²) in [6, 6.07) is 5.96. The van der Waals surface area contributed by atoms with Gasteiger partial charge in [0.15, 0.2) is 11.3 Å². The fraction of sp³-hybridized carbons (Fsp3) is 0.556. The number of aromatic nitrogens is 5. The second-order valence-corrected chi connectivity index (χ2v) is 18.3. The molecule has 4 saturated heterocycles. The average Bonchev–Trinajstić information content (AvgIpc) is 3.50. The Balaban J connectivity index is 0.666. The van der Waals surface area contributed by atoms with Gasteiger partial charge in [0.25, 0.3) is 24.1 Å². The second kappa shape index (κ2) is 17.5. The summed E-state index contributed by atoms with van der Waals surface area (Å²) in [4.78, 5) is 74.6. The second-order valence-electron chi connectivity index (χ2n) is 18.3. The lowest BCUT2D eigenvalue weighted by atomic mass is 9.85. The molecule has 6 aliphatic rings. The Kier molecular flexibility index (Phi) is 11.6. The molecule has 8 heterocycles. The summed E-state index contributed by atoms with van der Waals surface area (Å²) >= 11 is 0. The number of carbonyl (C=O) groups is 5. The Morgan fingerprint density at radius 3 is 2.55 bits per heavy atom. The van der Waals surface area contributed by atoms with Crippen LogP contribution in [-0.4, -0.2) is 133 Å². The Morgan fingerprint density at radius 2 is 1.82 bits per heavy atom. The molecular formula is C45H53F2N11O7. The van der Waals surface area contributed by atoms with Crippen LogP contribution in [0.2, 0.25) is 0 Å². The van der Waals surface area contributed by atoms with E-state index in [1.807, 2.05) is 13.0 Å². The predicted molar refractivity (Wildman–Crippen MR) is 231 cm³/mol. The summed E-state index contributed by atoms with van der Waals surface area (Å²) in [6.07, 6.45) is 8.38. The first-order chi connectivity index (χ1) is 31.4. The van der Waals surface area contributed by atoms with E-state index in [1.165, 1.54) is 16.9 Å². The van der Waals surface area contributed by atoms with E-state index in [1.54, 1.807) is 29.1 Å². The fourth-order valence-corrected chi connectivity index (χ4v) is 10.4. The van der Waals surface area contributed by atoms with Crippen LogP contribution in [0.5, 0.6) is 0 Å². The maximum Gasteiger partial charge on any atom is 0.284 e. The number of imide groups is 2. The highest BCUT2D eigenvalue weighted by molar-refractivity contribution is 6.25. The van der Waals surface area contributed by atoms with Gasteiger partial charge in [-0.05, 0) is 89.3 Å². The monoisotopic (exact) mass is 897 g/mol. The zero-order chi connectivity index (χ0) is 45.1. The Hall–Kier alpha value is -5.86. The number of rotatable bonds is 14. The van der Waals surface area contributed by atoms with Gasteiger partial charge in [-0.15, -0.1) is 0 Å². The van der Waals surface area contributed by atoms with Gasteiger partial charge in [-0.2, -0.15) is 10.2 Å². The molecule has 344 valence electrons. The van der Waals surface area contributed by atoms with Crippen molar-refractivity contribution in [1.29, 1.82) is 0 Å². The SMILES string of the molecule is C[C@@H]1C2O[C@H]2CN1c1ccn2ncc(C(=O)Nc3cn([C@H]4CC[C@H](CN5CCC(O[C@@H](C)CCNc6cccc7c6C(=O)N(C6CCC(=O)NC6=O)C7=O)CC5)CC4)nc3C(F)F)c2n1. The van der Waals surface area contributed by atoms with Crippen LogP contribution in [0.15, 0.2) is 42.9 Å². The number of likely N-dealkylation sites (tertiary alicyclic amines) is 1. The van der Waals surface area contributed by atoms with E-state index < -0.39 is 47.7 Å². The zero-order valence-electron chi connectivity index (χ0n) is 36.3. The van der Waals surface area contributed by atoms with Gasteiger partial charge in [0.05, 0.1) is 47.3 Å². The number of piperidine rings is 2. The lowest BCUT2D eigenvalue weighted by molar-refractivity contribution is -0.136. The number of morpholine rings is 1. The summed E-state index contributed by atoms with van der Waals surface area (Å²) in [5.74, 6) is -1.53. The molecule has 0 spiro atoms. The molecule has 20 heteroatoms. The van der Waals surface area contributed by atoms with Crippen molar-refractivity contribution in [2.45, 2.75) is 121 Å². The average molecular weight is 898 g/mol. The van der Waals surface area contributed by atoms with Crippen LogP contribution in [0.25, 0.3) is 5.65 Å². The Bertz CT molecular complexity index is 2520. The quantitative estimate of drug-likeness (QED) is 0.117. The molecule has 10 rings (SSSR count). The maximum atomic E-state index is 14.3. The molecule has 1 aliphatic carbocycles. The molecule has 5 atom stereocenters. The molecule has 3 aromatic heterocycles. The smallest absolute Gasteiger partial charge is 0.284 e. The predicted octanol–water partition coefficient (Wildman–Crippen LogP) is 4.60. The van der Waals surface area contributed by atoms with E-state index >= 15 is 0 Å². The number of nitrogens with one attached hydrogen (secondary N) is 3. The van der Waals surface area contributed by atoms with Gasteiger partial charge in [-0.25, -0.2) is 18.3 Å². The van der Waals surface area contributed by atoms with Crippen molar-refractivity contribution >= 4 is 52.4 Å². The lowest BCUT2D eigenvalue weighted by Crippen LogP contribution is -2.54. The van der Waals surface area contributed by atoms with Crippen LogP contribution in [0, 0.1) is 5.92 Å². The first-order valence-corrected chi connectivity index (χ1v) is 22.8. The standard InChI is InChI=1S/C45H53F2N11O7/c1-24(12-16-48-31-5-3-4-29-37(31)45(63)58(44(29)62)33-10-11-36(59)52-43(33)61)64-28-13-17-54(18-14-28)21-26-6-8-27(9-7-26)57-22-32(38(53-57)40(46)47)50-42(60)30-20-49-56-19-15-35(51-41(30)56)55-23-34-39(65-34)25(55)2/h3-5,15,19-20,22,24-28,33-34,39-40,48H,6-14,16-18,21,23H2,1-2H3,(H,50,60)(H,52,59,61)/t24-,25+,26-,27-,33?,34-,39?/m0/s1. The van der Waals surface area contributed by atoms with Crippen LogP contribution >= 0.6 is 0 Å². The minimum Gasteiger partial charge on any atom is -0.384 e. The topological polar surface area (TPSA) is 201 Å². The molecule has 0 bridgehead atoms. The van der Waals surface area contributed by atoms with Crippen molar-refractivity contribution in [3.05, 3.63) is 65.2 Å². The van der Waals surface area contributed by atoms with Crippen LogP contribution < -0.4 is 20.9 Å². The number of carbonyl (C=O) groups excluding carboxylic acids is 5. The number of fused-ring (bicyclic) bond motifs is 3. The summed E-state index contributed by atoms with van der Waals surface area (Å²) in [6.45, 7) is 8.14. The van der Waals surface area contributed by atoms with Crippen LogP contribution in [0.4, 0.5) is 26.0 Å². The van der Waals surface area contributed by atoms with Gasteiger partial charge in [-0.3, -0.25) is 38.9 Å². The maximum absolute atomic E-state index is 14.3. The molecule has 0 radical (unpaired) electrons. The zero-order valence-corrected chi connectivity index (χ0v) is 36.3. The highest BCUT2D eigenvalue weighted by Crippen LogP contribution is 2.39. The number of ether oxygens (including phenoxy) is 2. The van der Waals surface area contributed by atoms with Crippen molar-refractivity contribution < 1.29 is 42.2 Å². The van der Waals surface area contributed by atoms with Gasteiger partial charge < -0.3 is 29.9 Å². The molecule has 4 aromatic rings. The third-order valence-electron chi connectivity index (χ3n) is 14.1. The van der Waals surface area contributed by atoms with Crippen LogP contribution in [0.1, 0.15) is 121 Å². The molecule has 3 N–H and O–H groups in total. The minimum atomic E-state index is -2.87. The first-order valence-electron chi connectivity index (χ1n) is 22.8. The number of halogens is 2. The molecule has 18 nitrogen and oxygen atoms in total.